The molecule has 1 aromatic rings. The second kappa shape index (κ2) is 4.61. The number of aromatic amines is 1. The number of nitrogens with zero attached hydrogens (tertiary/aromatic N) is 3. The summed E-state index contributed by atoms with van der Waals surface area (Å²) >= 11 is 0. The highest BCUT2D eigenvalue weighted by atomic mass is 16.5. The van der Waals surface area contributed by atoms with Crippen molar-refractivity contribution in [2.24, 2.45) is 5.92 Å². The molecule has 0 radical (unpaired) electrons. The monoisotopic (exact) mass is 224 g/mol. The Balaban J connectivity index is 1.94. The first-order valence-corrected chi connectivity index (χ1v) is 5.39. The molecule has 1 amide bonds. The van der Waals surface area contributed by atoms with Gasteiger partial charge in [-0.05, 0) is 12.3 Å². The van der Waals surface area contributed by atoms with Gasteiger partial charge >= 0.3 is 0 Å². The molecule has 1 fully saturated rings. The lowest BCUT2D eigenvalue weighted by Crippen LogP contribution is -2.38. The van der Waals surface area contributed by atoms with Crippen molar-refractivity contribution in [1.29, 1.82) is 0 Å². The van der Waals surface area contributed by atoms with Gasteiger partial charge in [0, 0.05) is 13.7 Å². The molecule has 6 heteroatoms. The lowest BCUT2D eigenvalue weighted by atomic mass is 10.0. The predicted octanol–water partition coefficient (Wildman–Crippen LogP) is 0.188. The van der Waals surface area contributed by atoms with E-state index in [1.807, 2.05) is 6.92 Å². The van der Waals surface area contributed by atoms with Gasteiger partial charge in [0.25, 0.3) is 5.91 Å². The smallest absolute Gasteiger partial charge is 0.252 e. The molecule has 2 atom stereocenters. The quantitative estimate of drug-likeness (QED) is 0.795. The largest absolute Gasteiger partial charge is 0.368 e. The minimum Gasteiger partial charge on any atom is -0.368 e. The molecule has 1 aliphatic rings. The van der Waals surface area contributed by atoms with Gasteiger partial charge in [0.15, 0.2) is 0 Å². The summed E-state index contributed by atoms with van der Waals surface area (Å²) in [4.78, 5) is 17.6. The lowest BCUT2D eigenvalue weighted by Gasteiger charge is -2.21. The fourth-order valence-corrected chi connectivity index (χ4v) is 1.84. The van der Waals surface area contributed by atoms with Crippen LogP contribution in [-0.4, -0.2) is 45.7 Å². The van der Waals surface area contributed by atoms with Gasteiger partial charge in [-0.1, -0.05) is 6.92 Å². The number of ether oxygens (including phenoxy) is 1. The van der Waals surface area contributed by atoms with Gasteiger partial charge in [0.05, 0.1) is 6.54 Å². The second-order valence-electron chi connectivity index (χ2n) is 4.18. The van der Waals surface area contributed by atoms with E-state index in [0.717, 1.165) is 6.42 Å². The molecule has 1 saturated heterocycles. The van der Waals surface area contributed by atoms with E-state index in [-0.39, 0.29) is 12.0 Å². The number of amides is 1. The topological polar surface area (TPSA) is 71.1 Å². The molecular weight excluding hydrogens is 208 g/mol. The third-order valence-electron chi connectivity index (χ3n) is 2.86. The molecule has 2 heterocycles. The highest BCUT2D eigenvalue weighted by Crippen LogP contribution is 2.21. The predicted molar refractivity (Wildman–Crippen MR) is 56.4 cm³/mol. The fourth-order valence-electron chi connectivity index (χ4n) is 1.84. The lowest BCUT2D eigenvalue weighted by molar-refractivity contribution is -0.141. The molecule has 1 aliphatic heterocycles. The van der Waals surface area contributed by atoms with E-state index in [4.69, 9.17) is 4.74 Å². The van der Waals surface area contributed by atoms with Crippen LogP contribution in [0.5, 0.6) is 0 Å². The van der Waals surface area contributed by atoms with Crippen LogP contribution in [0.2, 0.25) is 0 Å². The van der Waals surface area contributed by atoms with Gasteiger partial charge in [0.2, 0.25) is 0 Å². The molecule has 2 unspecified atom stereocenters. The van der Waals surface area contributed by atoms with Crippen molar-refractivity contribution < 1.29 is 9.53 Å². The number of likely N-dealkylation sites (N-methyl/N-ethyl adjacent to an activating group) is 1. The molecule has 0 bridgehead atoms. The Morgan fingerprint density at radius 3 is 3.12 bits per heavy atom. The van der Waals surface area contributed by atoms with E-state index >= 15 is 0 Å². The van der Waals surface area contributed by atoms with Crippen LogP contribution in [0.15, 0.2) is 6.33 Å². The summed E-state index contributed by atoms with van der Waals surface area (Å²) in [5.74, 6) is 0.993. The second-order valence-corrected chi connectivity index (χ2v) is 4.18. The van der Waals surface area contributed by atoms with Crippen molar-refractivity contribution in [1.82, 2.24) is 20.1 Å². The summed E-state index contributed by atoms with van der Waals surface area (Å²) in [6, 6.07) is 0. The third-order valence-corrected chi connectivity index (χ3v) is 2.86. The van der Waals surface area contributed by atoms with E-state index in [1.165, 1.54) is 6.33 Å². The van der Waals surface area contributed by atoms with Crippen LogP contribution in [0.25, 0.3) is 0 Å². The number of hydrogen-bond acceptors (Lipinski definition) is 4. The number of nitrogens with one attached hydrogen (secondary N) is 1. The van der Waals surface area contributed by atoms with Crippen molar-refractivity contribution in [2.75, 3.05) is 13.7 Å². The molecule has 88 valence electrons. The Morgan fingerprint density at radius 1 is 1.75 bits per heavy atom. The summed E-state index contributed by atoms with van der Waals surface area (Å²) in [5.41, 5.74) is 0. The normalized spacial score (nSPS) is 24.6. The van der Waals surface area contributed by atoms with Crippen LogP contribution in [-0.2, 0) is 16.1 Å². The zero-order chi connectivity index (χ0) is 11.5. The van der Waals surface area contributed by atoms with Gasteiger partial charge in [-0.25, -0.2) is 4.98 Å². The maximum absolute atomic E-state index is 12.0. The van der Waals surface area contributed by atoms with E-state index in [2.05, 4.69) is 15.2 Å². The van der Waals surface area contributed by atoms with Crippen LogP contribution in [0, 0.1) is 5.92 Å². The first-order chi connectivity index (χ1) is 7.68. The van der Waals surface area contributed by atoms with Gasteiger partial charge in [0.1, 0.15) is 18.3 Å². The number of aromatic nitrogens is 3. The molecule has 0 spiro atoms. The molecule has 0 saturated carbocycles. The number of carbonyl (C=O) groups excluding carboxylic acids is 1. The van der Waals surface area contributed by atoms with Crippen LogP contribution < -0.4 is 0 Å². The zero-order valence-corrected chi connectivity index (χ0v) is 9.51. The maximum atomic E-state index is 12.0. The van der Waals surface area contributed by atoms with E-state index in [9.17, 15) is 4.79 Å². The van der Waals surface area contributed by atoms with Gasteiger partial charge in [-0.15, -0.1) is 0 Å². The minimum absolute atomic E-state index is 0.0152. The Kier molecular flexibility index (Phi) is 3.19. The van der Waals surface area contributed by atoms with Crippen molar-refractivity contribution in [3.63, 3.8) is 0 Å². The minimum atomic E-state index is -0.298. The van der Waals surface area contributed by atoms with E-state index in [0.29, 0.717) is 24.9 Å². The SMILES string of the molecule is CC1CCOC1C(=O)N(C)Cc1ncn[nH]1. The average molecular weight is 224 g/mol. The van der Waals surface area contributed by atoms with Crippen molar-refractivity contribution in [3.05, 3.63) is 12.2 Å². The molecule has 1 N–H and O–H groups in total. The molecule has 6 nitrogen and oxygen atoms in total. The highest BCUT2D eigenvalue weighted by Gasteiger charge is 2.32. The number of carbonyl (C=O) groups is 1. The Labute approximate surface area is 94.0 Å². The first-order valence-electron chi connectivity index (χ1n) is 5.39. The summed E-state index contributed by atoms with van der Waals surface area (Å²) in [6.45, 7) is 3.15. The Bertz CT molecular complexity index is 352. The summed E-state index contributed by atoms with van der Waals surface area (Å²) in [7, 11) is 1.75. The summed E-state index contributed by atoms with van der Waals surface area (Å²) in [5, 5.41) is 6.47. The standard InChI is InChI=1S/C10H16N4O2/c1-7-3-4-16-9(7)10(15)14(2)5-8-11-6-12-13-8/h6-7,9H,3-5H2,1-2H3,(H,11,12,13). The molecule has 2 rings (SSSR count). The van der Waals surface area contributed by atoms with E-state index < -0.39 is 0 Å². The van der Waals surface area contributed by atoms with E-state index in [1.54, 1.807) is 11.9 Å². The van der Waals surface area contributed by atoms with Crippen molar-refractivity contribution >= 4 is 5.91 Å². The molecule has 16 heavy (non-hydrogen) atoms. The zero-order valence-electron chi connectivity index (χ0n) is 9.51. The Morgan fingerprint density at radius 2 is 2.56 bits per heavy atom. The Hall–Kier alpha value is -1.43. The first kappa shape index (κ1) is 11.1. The highest BCUT2D eigenvalue weighted by molar-refractivity contribution is 5.81. The van der Waals surface area contributed by atoms with Gasteiger partial charge in [-0.2, -0.15) is 5.10 Å². The number of H-pyrrole nitrogens is 1. The number of hydrogen-bond donors (Lipinski definition) is 1. The maximum Gasteiger partial charge on any atom is 0.252 e. The summed E-state index contributed by atoms with van der Waals surface area (Å²) in [6.07, 6.45) is 2.09. The van der Waals surface area contributed by atoms with Gasteiger partial charge in [-0.3, -0.25) is 9.89 Å². The molecule has 0 aromatic carbocycles. The van der Waals surface area contributed by atoms with Crippen LogP contribution >= 0.6 is 0 Å². The van der Waals surface area contributed by atoms with Crippen molar-refractivity contribution in [2.45, 2.75) is 26.0 Å². The molecule has 1 aromatic heterocycles. The molecule has 0 aliphatic carbocycles. The fraction of sp³-hybridized carbons (Fsp3) is 0.700. The number of rotatable bonds is 3. The summed E-state index contributed by atoms with van der Waals surface area (Å²) < 4.78 is 5.43. The van der Waals surface area contributed by atoms with Crippen molar-refractivity contribution in [3.8, 4) is 0 Å². The third kappa shape index (κ3) is 2.21. The van der Waals surface area contributed by atoms with Gasteiger partial charge < -0.3 is 9.64 Å². The van der Waals surface area contributed by atoms with Crippen LogP contribution in [0.1, 0.15) is 19.2 Å². The van der Waals surface area contributed by atoms with Crippen LogP contribution in [0.4, 0.5) is 0 Å². The average Bonchev–Trinajstić information content (AvgIpc) is 2.88. The molecular formula is C10H16N4O2. The van der Waals surface area contributed by atoms with Crippen LogP contribution in [0.3, 0.4) is 0 Å².